The van der Waals surface area contributed by atoms with Gasteiger partial charge in [0.25, 0.3) is 0 Å². The highest BCUT2D eigenvalue weighted by Gasteiger charge is 2.39. The molecule has 0 heterocycles. The minimum absolute atomic E-state index is 0.00543. The van der Waals surface area contributed by atoms with Crippen LogP contribution in [0.4, 0.5) is 0 Å². The van der Waals surface area contributed by atoms with E-state index in [4.69, 9.17) is 5.11 Å². The average Bonchev–Trinajstić information content (AvgIpc) is 2.81. The quantitative estimate of drug-likeness (QED) is 0.370. The molecule has 1 rings (SSSR count). The lowest BCUT2D eigenvalue weighted by Crippen LogP contribution is -2.19. The molecule has 4 atom stereocenters. The number of Topliss-reactive ketones (excluding diaryl/α,β-unsaturated/α-hetero) is 1. The number of allylic oxidation sites excluding steroid dienone is 3. The van der Waals surface area contributed by atoms with Crippen LogP contribution in [0, 0.1) is 11.8 Å². The Bertz CT molecular complexity index is 469. The van der Waals surface area contributed by atoms with E-state index in [0.29, 0.717) is 19.3 Å². The normalized spacial score (nSPS) is 25.2. The summed E-state index contributed by atoms with van der Waals surface area (Å²) < 4.78 is 0. The van der Waals surface area contributed by atoms with Gasteiger partial charge in [0.1, 0.15) is 5.78 Å². The lowest BCUT2D eigenvalue weighted by molar-refractivity contribution is -0.137. The fourth-order valence-electron chi connectivity index (χ4n) is 3.22. The zero-order chi connectivity index (χ0) is 18.7. The summed E-state index contributed by atoms with van der Waals surface area (Å²) in [7, 11) is 0. The van der Waals surface area contributed by atoms with Crippen LogP contribution in [0.5, 0.6) is 0 Å². The zero-order valence-electron chi connectivity index (χ0n) is 15.1. The molecule has 0 aromatic carbocycles. The number of carboxylic acids is 1. The fourth-order valence-corrected chi connectivity index (χ4v) is 3.22. The van der Waals surface area contributed by atoms with Gasteiger partial charge in [-0.25, -0.2) is 0 Å². The van der Waals surface area contributed by atoms with Gasteiger partial charge in [0.15, 0.2) is 0 Å². The number of hydrogen-bond donors (Lipinski definition) is 3. The van der Waals surface area contributed by atoms with Crippen LogP contribution in [0.15, 0.2) is 24.3 Å². The average molecular weight is 352 g/mol. The minimum Gasteiger partial charge on any atom is -0.481 e. The summed E-state index contributed by atoms with van der Waals surface area (Å²) in [6.07, 6.45) is 12.2. The van der Waals surface area contributed by atoms with Crippen LogP contribution >= 0.6 is 0 Å². The SMILES string of the molecule is CCCCC/C=C\C[C@H]1[C@H](/C=C/[C@@H](O)CCCC(=O)O)C(=O)C[C@@H]1O. The van der Waals surface area contributed by atoms with Crippen LogP contribution in [-0.4, -0.2) is 39.3 Å². The second kappa shape index (κ2) is 12.0. The van der Waals surface area contributed by atoms with Gasteiger partial charge in [0, 0.05) is 24.7 Å². The Labute approximate surface area is 150 Å². The Kier molecular flexibility index (Phi) is 10.3. The fraction of sp³-hybridized carbons (Fsp3) is 0.700. The van der Waals surface area contributed by atoms with E-state index in [0.717, 1.165) is 12.8 Å². The summed E-state index contributed by atoms with van der Waals surface area (Å²) in [6.45, 7) is 2.16. The van der Waals surface area contributed by atoms with E-state index in [1.807, 2.05) is 6.08 Å². The number of aliphatic carboxylic acids is 1. The summed E-state index contributed by atoms with van der Waals surface area (Å²) in [6, 6.07) is 0. The Morgan fingerprint density at radius 1 is 1.28 bits per heavy atom. The third-order valence-corrected chi connectivity index (χ3v) is 4.72. The third-order valence-electron chi connectivity index (χ3n) is 4.72. The molecule has 1 aliphatic carbocycles. The van der Waals surface area contributed by atoms with Crippen LogP contribution < -0.4 is 0 Å². The van der Waals surface area contributed by atoms with Crippen molar-refractivity contribution in [2.24, 2.45) is 11.8 Å². The molecule has 0 saturated heterocycles. The van der Waals surface area contributed by atoms with E-state index < -0.39 is 18.2 Å². The van der Waals surface area contributed by atoms with E-state index >= 15 is 0 Å². The molecular weight excluding hydrogens is 320 g/mol. The van der Waals surface area contributed by atoms with Gasteiger partial charge in [-0.3, -0.25) is 9.59 Å². The minimum atomic E-state index is -0.879. The lowest BCUT2D eigenvalue weighted by Gasteiger charge is -2.17. The van der Waals surface area contributed by atoms with E-state index in [1.54, 1.807) is 12.2 Å². The van der Waals surface area contributed by atoms with Gasteiger partial charge in [-0.1, -0.05) is 44.1 Å². The summed E-state index contributed by atoms with van der Waals surface area (Å²) in [5, 5.41) is 28.6. The first-order valence-corrected chi connectivity index (χ1v) is 9.39. The molecule has 1 fully saturated rings. The first-order valence-electron chi connectivity index (χ1n) is 9.39. The van der Waals surface area contributed by atoms with Gasteiger partial charge in [0.2, 0.25) is 0 Å². The van der Waals surface area contributed by atoms with Crippen molar-refractivity contribution in [3.63, 3.8) is 0 Å². The predicted octanol–water partition coefficient (Wildman–Crippen LogP) is 3.25. The predicted molar refractivity (Wildman–Crippen MR) is 97.1 cm³/mol. The van der Waals surface area contributed by atoms with E-state index in [-0.39, 0.29) is 30.5 Å². The smallest absolute Gasteiger partial charge is 0.303 e. The maximum atomic E-state index is 12.1. The van der Waals surface area contributed by atoms with Crippen molar-refractivity contribution in [3.8, 4) is 0 Å². The number of carbonyl (C=O) groups excluding carboxylic acids is 1. The Balaban J connectivity index is 2.49. The number of unbranched alkanes of at least 4 members (excludes halogenated alkanes) is 3. The first kappa shape index (κ1) is 21.6. The molecule has 0 aliphatic heterocycles. The molecule has 5 heteroatoms. The summed E-state index contributed by atoms with van der Waals surface area (Å²) in [4.78, 5) is 22.6. The van der Waals surface area contributed by atoms with Crippen LogP contribution in [0.25, 0.3) is 0 Å². The van der Waals surface area contributed by atoms with Gasteiger partial charge >= 0.3 is 5.97 Å². The molecular formula is C20H32O5. The van der Waals surface area contributed by atoms with Crippen molar-refractivity contribution in [1.29, 1.82) is 0 Å². The number of carbonyl (C=O) groups is 2. The maximum Gasteiger partial charge on any atom is 0.303 e. The highest BCUT2D eigenvalue weighted by Crippen LogP contribution is 2.33. The highest BCUT2D eigenvalue weighted by atomic mass is 16.4. The summed E-state index contributed by atoms with van der Waals surface area (Å²) >= 11 is 0. The van der Waals surface area contributed by atoms with Gasteiger partial charge in [-0.15, -0.1) is 0 Å². The van der Waals surface area contributed by atoms with Crippen LogP contribution in [-0.2, 0) is 9.59 Å². The van der Waals surface area contributed by atoms with Crippen molar-refractivity contribution in [2.45, 2.75) is 76.9 Å². The van der Waals surface area contributed by atoms with Gasteiger partial charge in [0.05, 0.1) is 12.2 Å². The third kappa shape index (κ3) is 8.45. The van der Waals surface area contributed by atoms with Crippen LogP contribution in [0.1, 0.15) is 64.7 Å². The first-order chi connectivity index (χ1) is 12.0. The van der Waals surface area contributed by atoms with E-state index in [1.165, 1.54) is 12.8 Å². The van der Waals surface area contributed by atoms with Crippen molar-refractivity contribution >= 4 is 11.8 Å². The van der Waals surface area contributed by atoms with Crippen molar-refractivity contribution in [3.05, 3.63) is 24.3 Å². The second-order valence-electron chi connectivity index (χ2n) is 6.87. The topological polar surface area (TPSA) is 94.8 Å². The van der Waals surface area contributed by atoms with Gasteiger partial charge < -0.3 is 15.3 Å². The molecule has 0 aromatic heterocycles. The monoisotopic (exact) mass is 352 g/mol. The molecule has 142 valence electrons. The molecule has 0 aromatic rings. The largest absolute Gasteiger partial charge is 0.481 e. The van der Waals surface area contributed by atoms with E-state index in [2.05, 4.69) is 13.0 Å². The number of carboxylic acid groups (broad SMARTS) is 1. The van der Waals surface area contributed by atoms with Crippen LogP contribution in [0.3, 0.4) is 0 Å². The molecule has 0 amide bonds. The molecule has 5 nitrogen and oxygen atoms in total. The Morgan fingerprint density at radius 2 is 2.04 bits per heavy atom. The summed E-state index contributed by atoms with van der Waals surface area (Å²) in [5.74, 6) is -1.39. The molecule has 0 radical (unpaired) electrons. The molecule has 1 aliphatic rings. The number of hydrogen-bond acceptors (Lipinski definition) is 4. The number of aliphatic hydroxyl groups excluding tert-OH is 2. The molecule has 25 heavy (non-hydrogen) atoms. The van der Waals surface area contributed by atoms with Crippen molar-refractivity contribution in [2.75, 3.05) is 0 Å². The second-order valence-corrected chi connectivity index (χ2v) is 6.87. The molecule has 0 spiro atoms. The zero-order valence-corrected chi connectivity index (χ0v) is 15.1. The van der Waals surface area contributed by atoms with Crippen molar-refractivity contribution in [1.82, 2.24) is 0 Å². The Morgan fingerprint density at radius 3 is 2.72 bits per heavy atom. The number of aliphatic hydroxyl groups is 2. The van der Waals surface area contributed by atoms with Gasteiger partial charge in [-0.2, -0.15) is 0 Å². The Hall–Kier alpha value is -1.46. The van der Waals surface area contributed by atoms with E-state index in [9.17, 15) is 19.8 Å². The molecule has 0 unspecified atom stereocenters. The number of rotatable bonds is 12. The maximum absolute atomic E-state index is 12.1. The highest BCUT2D eigenvalue weighted by molar-refractivity contribution is 5.86. The summed E-state index contributed by atoms with van der Waals surface area (Å²) in [5.41, 5.74) is 0. The lowest BCUT2D eigenvalue weighted by atomic mass is 9.90. The standard InChI is InChI=1S/C20H32O5/c1-2-3-4-5-6-7-10-16-17(19(23)14-18(16)22)13-12-15(21)9-8-11-20(24)25/h6-7,12-13,15-18,21-22H,2-5,8-11,14H2,1H3,(H,24,25)/b7-6-,13-12+/t15-,16-,17-,18-/m0/s1. The van der Waals surface area contributed by atoms with Crippen LogP contribution in [0.2, 0.25) is 0 Å². The molecule has 0 bridgehead atoms. The molecule has 3 N–H and O–H groups in total. The van der Waals surface area contributed by atoms with Crippen molar-refractivity contribution < 1.29 is 24.9 Å². The molecule has 1 saturated carbocycles. The van der Waals surface area contributed by atoms with Gasteiger partial charge in [-0.05, 0) is 32.1 Å². The number of ketones is 1.